The molecule has 2 atom stereocenters. The second kappa shape index (κ2) is 11.2. The number of piperidine rings is 1. The second-order valence-electron chi connectivity index (χ2n) is 8.12. The third kappa shape index (κ3) is 6.17. The van der Waals surface area contributed by atoms with Crippen molar-refractivity contribution >= 4 is 51.6 Å². The molecule has 0 spiro atoms. The Labute approximate surface area is 202 Å². The average Bonchev–Trinajstić information content (AvgIpc) is 2.83. The van der Waals surface area contributed by atoms with Crippen LogP contribution >= 0.6 is 34.0 Å². The molecule has 0 aliphatic carbocycles. The lowest BCUT2D eigenvalue weighted by Crippen LogP contribution is -2.58. The Kier molecular flexibility index (Phi) is 9.90. The van der Waals surface area contributed by atoms with Gasteiger partial charge < -0.3 is 19.1 Å². The van der Waals surface area contributed by atoms with E-state index in [-0.39, 0.29) is 70.7 Å². The summed E-state index contributed by atoms with van der Waals surface area (Å²) in [7, 11) is 3.71. The van der Waals surface area contributed by atoms with Crippen molar-refractivity contribution in [1.82, 2.24) is 0 Å². The number of ether oxygens (including phenoxy) is 2. The number of carbonyl (C=O) groups is 2. The quantitative estimate of drug-likeness (QED) is 0.219. The lowest BCUT2D eigenvalue weighted by atomic mass is 9.95. The van der Waals surface area contributed by atoms with Gasteiger partial charge >= 0.3 is 11.9 Å². The van der Waals surface area contributed by atoms with E-state index in [1.807, 2.05) is 0 Å². The molecule has 0 amide bonds. The van der Waals surface area contributed by atoms with Crippen LogP contribution in [0.1, 0.15) is 44.1 Å². The number of halogens is 2. The maximum absolute atomic E-state index is 11.9. The smallest absolute Gasteiger partial charge is 0.306 e. The number of benzene rings is 1. The van der Waals surface area contributed by atoms with Crippen LogP contribution in [-0.4, -0.2) is 58.8 Å². The zero-order chi connectivity index (χ0) is 21.2. The number of fused-ring (bicyclic) bond motifs is 2. The third-order valence-corrected chi connectivity index (χ3v) is 6.40. The molecule has 2 saturated heterocycles. The Bertz CT molecular complexity index is 807. The van der Waals surface area contributed by atoms with Crippen molar-refractivity contribution in [2.45, 2.75) is 63.3 Å². The number of hydrogen-bond donors (Lipinski definition) is 1. The number of carboxylic acid groups (broad SMARTS) is 1. The first-order chi connectivity index (χ1) is 13.7. The molecule has 1 aromatic rings. The summed E-state index contributed by atoms with van der Waals surface area (Å²) in [5, 5.41) is 19.9. The van der Waals surface area contributed by atoms with Gasteiger partial charge in [0.1, 0.15) is 18.4 Å². The number of rotatable bonds is 8. The molecular weight excluding hydrogens is 540 g/mol. The van der Waals surface area contributed by atoms with Crippen LogP contribution in [0.15, 0.2) is 18.2 Å². The van der Waals surface area contributed by atoms with Crippen LogP contribution in [0.4, 0.5) is 5.69 Å². The van der Waals surface area contributed by atoms with Crippen LogP contribution in [0.5, 0.6) is 5.75 Å². The van der Waals surface area contributed by atoms with Crippen molar-refractivity contribution < 1.29 is 33.6 Å². The van der Waals surface area contributed by atoms with Gasteiger partial charge in [-0.15, -0.1) is 34.0 Å². The van der Waals surface area contributed by atoms with E-state index in [0.717, 1.165) is 22.9 Å². The van der Waals surface area contributed by atoms with Crippen molar-refractivity contribution in [2.75, 3.05) is 14.2 Å². The highest BCUT2D eigenvalue weighted by Gasteiger charge is 2.52. The van der Waals surface area contributed by atoms with Gasteiger partial charge in [-0.25, -0.2) is 0 Å². The minimum Gasteiger partial charge on any atom is -0.496 e. The Morgan fingerprint density at radius 1 is 1.19 bits per heavy atom. The summed E-state index contributed by atoms with van der Waals surface area (Å²) in [5.41, 5.74) is 0.847. The maximum atomic E-state index is 11.9. The number of carboxylic acids is 1. The molecular formula is C20H29Br2N2O7+. The van der Waals surface area contributed by atoms with Gasteiger partial charge in [0.05, 0.1) is 49.6 Å². The number of aliphatic carboxylic acids is 1. The van der Waals surface area contributed by atoms with Gasteiger partial charge in [-0.3, -0.25) is 19.7 Å². The minimum atomic E-state index is -1.01. The number of nitro groups is 1. The molecule has 1 N–H and O–H groups in total. The Morgan fingerprint density at radius 3 is 2.32 bits per heavy atom. The molecule has 2 bridgehead atoms. The summed E-state index contributed by atoms with van der Waals surface area (Å²) in [6, 6.07) is 5.21. The highest BCUT2D eigenvalue weighted by Crippen LogP contribution is 2.44. The van der Waals surface area contributed by atoms with Gasteiger partial charge in [-0.1, -0.05) is 0 Å². The predicted octanol–water partition coefficient (Wildman–Crippen LogP) is 3.81. The number of nitrogens with zero attached hydrogens (tertiary/aromatic N) is 2. The molecule has 2 aliphatic rings. The van der Waals surface area contributed by atoms with E-state index in [1.54, 1.807) is 19.2 Å². The third-order valence-electron chi connectivity index (χ3n) is 6.40. The molecule has 31 heavy (non-hydrogen) atoms. The highest BCUT2D eigenvalue weighted by molar-refractivity contribution is 8.93. The van der Waals surface area contributed by atoms with E-state index in [2.05, 4.69) is 7.05 Å². The first-order valence-electron chi connectivity index (χ1n) is 9.80. The lowest BCUT2D eigenvalue weighted by molar-refractivity contribution is -0.961. The van der Waals surface area contributed by atoms with Gasteiger partial charge in [0.25, 0.3) is 5.69 Å². The van der Waals surface area contributed by atoms with Crippen LogP contribution in [0, 0.1) is 10.1 Å². The van der Waals surface area contributed by atoms with E-state index in [9.17, 15) is 19.7 Å². The molecule has 2 aliphatic heterocycles. The van der Waals surface area contributed by atoms with Crippen LogP contribution in [0.2, 0.25) is 0 Å². The van der Waals surface area contributed by atoms with Gasteiger partial charge in [-0.2, -0.15) is 0 Å². The van der Waals surface area contributed by atoms with Crippen molar-refractivity contribution in [3.05, 3.63) is 33.9 Å². The van der Waals surface area contributed by atoms with E-state index in [4.69, 9.17) is 14.6 Å². The summed E-state index contributed by atoms with van der Waals surface area (Å²) in [4.78, 5) is 33.3. The number of methoxy groups -OCH3 is 1. The maximum Gasteiger partial charge on any atom is 0.306 e. The SMILES string of the molecule is Br.Br.COc1ccc([N+](=O)[O-])cc1C[N+]1(C)C2CCC1CC(OC(=O)CCC(=O)O)C2. The summed E-state index contributed by atoms with van der Waals surface area (Å²) < 4.78 is 11.7. The molecule has 11 heteroatoms. The van der Waals surface area contributed by atoms with E-state index in [1.165, 1.54) is 6.07 Å². The normalized spacial score (nSPS) is 26.2. The van der Waals surface area contributed by atoms with Crippen molar-refractivity contribution in [1.29, 1.82) is 0 Å². The number of carbonyl (C=O) groups excluding carboxylic acids is 1. The van der Waals surface area contributed by atoms with Gasteiger partial charge in [0, 0.05) is 37.8 Å². The van der Waals surface area contributed by atoms with Crippen molar-refractivity contribution in [3.63, 3.8) is 0 Å². The molecule has 2 fully saturated rings. The number of non-ortho nitro benzene ring substituents is 1. The number of esters is 1. The van der Waals surface area contributed by atoms with Crippen LogP contribution in [-0.2, 0) is 20.9 Å². The van der Waals surface area contributed by atoms with Crippen LogP contribution < -0.4 is 4.74 Å². The largest absolute Gasteiger partial charge is 0.496 e. The summed E-state index contributed by atoms with van der Waals surface area (Å²) in [6.45, 7) is 0.611. The zero-order valence-corrected chi connectivity index (χ0v) is 20.9. The Balaban J connectivity index is 0.00000240. The van der Waals surface area contributed by atoms with Gasteiger partial charge in [0.15, 0.2) is 0 Å². The average molecular weight is 569 g/mol. The topological polar surface area (TPSA) is 116 Å². The number of hydrogen-bond acceptors (Lipinski definition) is 6. The summed E-state index contributed by atoms with van der Waals surface area (Å²) in [6.07, 6.45) is 2.89. The summed E-state index contributed by atoms with van der Waals surface area (Å²) >= 11 is 0. The van der Waals surface area contributed by atoms with Gasteiger partial charge in [0.2, 0.25) is 0 Å². The van der Waals surface area contributed by atoms with E-state index < -0.39 is 16.9 Å². The predicted molar refractivity (Wildman–Crippen MR) is 123 cm³/mol. The fourth-order valence-corrected chi connectivity index (χ4v) is 4.87. The molecule has 0 saturated carbocycles. The molecule has 3 rings (SSSR count). The molecule has 2 unspecified atom stereocenters. The van der Waals surface area contributed by atoms with E-state index in [0.29, 0.717) is 25.1 Å². The van der Waals surface area contributed by atoms with Crippen LogP contribution in [0.3, 0.4) is 0 Å². The highest BCUT2D eigenvalue weighted by atomic mass is 79.9. The van der Waals surface area contributed by atoms with Crippen molar-refractivity contribution in [3.8, 4) is 5.75 Å². The molecule has 1 aromatic carbocycles. The fraction of sp³-hybridized carbons (Fsp3) is 0.600. The molecule has 2 heterocycles. The molecule has 9 nitrogen and oxygen atoms in total. The number of quaternary nitrogens is 1. The Morgan fingerprint density at radius 2 is 1.81 bits per heavy atom. The van der Waals surface area contributed by atoms with Crippen LogP contribution in [0.25, 0.3) is 0 Å². The van der Waals surface area contributed by atoms with Gasteiger partial charge in [-0.05, 0) is 6.07 Å². The molecule has 0 aromatic heterocycles. The standard InChI is InChI=1S/C20H26N2O7.2BrH/c1-22(12-13-9-14(21(26)27)3-6-18(13)28-2)15-4-5-16(22)11-17(10-15)29-20(25)8-7-19(23)24;;/h3,6,9,15-17H,4-5,7-8,10-12H2,1-2H3;2*1H/p+1. The fourth-order valence-electron chi connectivity index (χ4n) is 4.87. The molecule has 0 radical (unpaired) electrons. The second-order valence-corrected chi connectivity index (χ2v) is 8.12. The molecule has 174 valence electrons. The summed E-state index contributed by atoms with van der Waals surface area (Å²) in [5.74, 6) is -0.842. The van der Waals surface area contributed by atoms with E-state index >= 15 is 0 Å². The first-order valence-corrected chi connectivity index (χ1v) is 9.80. The monoisotopic (exact) mass is 567 g/mol. The minimum absolute atomic E-state index is 0. The van der Waals surface area contributed by atoms with Crippen molar-refractivity contribution in [2.24, 2.45) is 0 Å². The lowest BCUT2D eigenvalue weighted by Gasteiger charge is -2.47. The number of nitro benzene ring substituents is 1. The zero-order valence-electron chi connectivity index (χ0n) is 17.5. The first kappa shape index (κ1) is 27.3. The Hall–Kier alpha value is -1.72.